The molecule has 1 aromatic heterocycles. The molecule has 0 aliphatic heterocycles. The monoisotopic (exact) mass is 264 g/mol. The normalized spacial score (nSPS) is 11.1. The smallest absolute Gasteiger partial charge is 0.358 e. The number of carbonyl (C=O) groups is 1. The van der Waals surface area contributed by atoms with Gasteiger partial charge < -0.3 is 4.74 Å². The molecule has 8 heteroatoms. The van der Waals surface area contributed by atoms with Gasteiger partial charge in [0.05, 0.1) is 25.3 Å². The van der Waals surface area contributed by atoms with E-state index >= 15 is 0 Å². The highest BCUT2D eigenvalue weighted by Gasteiger charge is 2.18. The molecule has 1 heterocycles. The van der Waals surface area contributed by atoms with Gasteiger partial charge in [-0.1, -0.05) is 0 Å². The Bertz CT molecular complexity index is 489. The molecule has 88 valence electrons. The Labute approximate surface area is 97.5 Å². The maximum absolute atomic E-state index is 11.6. The van der Waals surface area contributed by atoms with Crippen molar-refractivity contribution in [3.63, 3.8) is 0 Å². The molecule has 0 fully saturated rings. The Morgan fingerprint density at radius 2 is 2.19 bits per heavy atom. The number of aromatic nitrogens is 2. The largest absolute Gasteiger partial charge is 0.464 e. The molecule has 0 aliphatic rings. The molecule has 0 amide bonds. The third-order valence-corrected chi connectivity index (χ3v) is 3.66. The van der Waals surface area contributed by atoms with Crippen LogP contribution in [0.25, 0.3) is 0 Å². The molecule has 0 saturated heterocycles. The third-order valence-electron chi connectivity index (χ3n) is 1.67. The minimum Gasteiger partial charge on any atom is -0.464 e. The van der Waals surface area contributed by atoms with E-state index in [2.05, 4.69) is 14.7 Å². The fourth-order valence-electron chi connectivity index (χ4n) is 0.907. The van der Waals surface area contributed by atoms with Crippen molar-refractivity contribution in [1.29, 1.82) is 0 Å². The fraction of sp³-hybridized carbons (Fsp3) is 0.375. The number of hydrogen-bond donors (Lipinski definition) is 0. The van der Waals surface area contributed by atoms with E-state index in [1.54, 1.807) is 0 Å². The van der Waals surface area contributed by atoms with Crippen LogP contribution in [0, 0.1) is 0 Å². The molecular formula is C8H9ClN2O4S. The molecule has 0 aliphatic carbocycles. The van der Waals surface area contributed by atoms with E-state index in [4.69, 9.17) is 11.6 Å². The topological polar surface area (TPSA) is 86.2 Å². The van der Waals surface area contributed by atoms with Crippen molar-refractivity contribution >= 4 is 27.4 Å². The number of halogens is 1. The summed E-state index contributed by atoms with van der Waals surface area (Å²) in [4.78, 5) is 18.4. The van der Waals surface area contributed by atoms with Gasteiger partial charge in [0.1, 0.15) is 0 Å². The van der Waals surface area contributed by atoms with E-state index in [1.165, 1.54) is 7.11 Å². The zero-order valence-electron chi connectivity index (χ0n) is 8.38. The van der Waals surface area contributed by atoms with E-state index in [1.807, 2.05) is 0 Å². The van der Waals surface area contributed by atoms with Gasteiger partial charge in [0.2, 0.25) is 0 Å². The van der Waals surface area contributed by atoms with Crippen LogP contribution in [0.15, 0.2) is 17.4 Å². The van der Waals surface area contributed by atoms with E-state index in [9.17, 15) is 13.2 Å². The van der Waals surface area contributed by atoms with Gasteiger partial charge in [-0.3, -0.25) is 4.98 Å². The van der Waals surface area contributed by atoms with E-state index < -0.39 is 15.8 Å². The van der Waals surface area contributed by atoms with Crippen LogP contribution in [-0.4, -0.2) is 43.1 Å². The highest BCUT2D eigenvalue weighted by Crippen LogP contribution is 2.08. The van der Waals surface area contributed by atoms with Crippen molar-refractivity contribution in [2.24, 2.45) is 0 Å². The van der Waals surface area contributed by atoms with Crippen LogP contribution in [0.2, 0.25) is 0 Å². The van der Waals surface area contributed by atoms with Crippen molar-refractivity contribution < 1.29 is 17.9 Å². The number of carbonyl (C=O) groups excluding carboxylic acids is 1. The van der Waals surface area contributed by atoms with E-state index in [0.29, 0.717) is 0 Å². The lowest BCUT2D eigenvalue weighted by Gasteiger charge is -2.02. The van der Waals surface area contributed by atoms with Crippen LogP contribution >= 0.6 is 11.6 Å². The van der Waals surface area contributed by atoms with Crippen molar-refractivity contribution in [3.05, 3.63) is 18.1 Å². The van der Waals surface area contributed by atoms with Crippen molar-refractivity contribution in [2.45, 2.75) is 5.03 Å². The molecule has 0 N–H and O–H groups in total. The van der Waals surface area contributed by atoms with Crippen LogP contribution in [0.5, 0.6) is 0 Å². The molecule has 0 bridgehead atoms. The van der Waals surface area contributed by atoms with Crippen molar-refractivity contribution in [1.82, 2.24) is 9.97 Å². The summed E-state index contributed by atoms with van der Waals surface area (Å²) in [5.41, 5.74) is -0.154. The number of methoxy groups -OCH3 is 1. The second-order valence-corrected chi connectivity index (χ2v) is 5.18. The van der Waals surface area contributed by atoms with Gasteiger partial charge in [0.15, 0.2) is 20.6 Å². The summed E-state index contributed by atoms with van der Waals surface area (Å²) in [7, 11) is -2.42. The SMILES string of the molecule is COC(=O)c1cncc(S(=O)(=O)CCCl)n1. The van der Waals surface area contributed by atoms with Crippen LogP contribution < -0.4 is 0 Å². The van der Waals surface area contributed by atoms with Crippen LogP contribution in [0.3, 0.4) is 0 Å². The summed E-state index contributed by atoms with van der Waals surface area (Å²) < 4.78 is 27.5. The van der Waals surface area contributed by atoms with Gasteiger partial charge in [0, 0.05) is 5.88 Å². The first-order valence-electron chi connectivity index (χ1n) is 4.20. The van der Waals surface area contributed by atoms with Gasteiger partial charge in [-0.15, -0.1) is 11.6 Å². The molecule has 0 saturated carbocycles. The number of esters is 1. The maximum atomic E-state index is 11.6. The molecule has 0 spiro atoms. The minimum atomic E-state index is -3.59. The molecule has 0 aromatic carbocycles. The van der Waals surface area contributed by atoms with Gasteiger partial charge in [-0.2, -0.15) is 0 Å². The first-order chi connectivity index (χ1) is 7.51. The van der Waals surface area contributed by atoms with E-state index in [0.717, 1.165) is 12.4 Å². The standard InChI is InChI=1S/C8H9ClN2O4S/c1-15-8(12)6-4-10-5-7(11-6)16(13,14)3-2-9/h4-5H,2-3H2,1H3. The highest BCUT2D eigenvalue weighted by atomic mass is 35.5. The Morgan fingerprint density at radius 1 is 1.50 bits per heavy atom. The molecule has 0 radical (unpaired) electrons. The minimum absolute atomic E-state index is 0.0491. The summed E-state index contributed by atoms with van der Waals surface area (Å²) in [5, 5.41) is -0.281. The summed E-state index contributed by atoms with van der Waals surface area (Å²) in [5.74, 6) is -1.05. The van der Waals surface area contributed by atoms with Gasteiger partial charge >= 0.3 is 5.97 Å². The molecule has 1 rings (SSSR count). The van der Waals surface area contributed by atoms with Crippen LogP contribution in [0.4, 0.5) is 0 Å². The third kappa shape index (κ3) is 2.89. The predicted molar refractivity (Wildman–Crippen MR) is 56.1 cm³/mol. The summed E-state index contributed by atoms with van der Waals surface area (Å²) in [6, 6.07) is 0. The van der Waals surface area contributed by atoms with Crippen molar-refractivity contribution in [3.8, 4) is 0 Å². The number of alkyl halides is 1. The number of nitrogens with zero attached hydrogens (tertiary/aromatic N) is 2. The van der Waals surface area contributed by atoms with Gasteiger partial charge in [-0.25, -0.2) is 18.2 Å². The summed E-state index contributed by atoms with van der Waals surface area (Å²) >= 11 is 5.35. The quantitative estimate of drug-likeness (QED) is 0.573. The zero-order chi connectivity index (χ0) is 12.2. The molecule has 1 aromatic rings. The number of hydrogen-bond acceptors (Lipinski definition) is 6. The van der Waals surface area contributed by atoms with Gasteiger partial charge in [0.25, 0.3) is 0 Å². The first-order valence-corrected chi connectivity index (χ1v) is 6.39. The predicted octanol–water partition coefficient (Wildman–Crippen LogP) is 0.276. The Hall–Kier alpha value is -1.21. The Morgan fingerprint density at radius 3 is 2.75 bits per heavy atom. The summed E-state index contributed by atoms with van der Waals surface area (Å²) in [6.07, 6.45) is 2.19. The maximum Gasteiger partial charge on any atom is 0.358 e. The second-order valence-electron chi connectivity index (χ2n) is 2.74. The van der Waals surface area contributed by atoms with E-state index in [-0.39, 0.29) is 22.4 Å². The lowest BCUT2D eigenvalue weighted by Crippen LogP contribution is -2.13. The number of rotatable bonds is 4. The molecule has 0 atom stereocenters. The number of ether oxygens (including phenoxy) is 1. The molecule has 16 heavy (non-hydrogen) atoms. The average molecular weight is 265 g/mol. The molecule has 6 nitrogen and oxygen atoms in total. The first kappa shape index (κ1) is 12.9. The van der Waals surface area contributed by atoms with Crippen LogP contribution in [0.1, 0.15) is 10.5 Å². The summed E-state index contributed by atoms with van der Waals surface area (Å²) in [6.45, 7) is 0. The Balaban J connectivity index is 3.13. The second kappa shape index (κ2) is 5.22. The molecule has 0 unspecified atom stereocenters. The Kier molecular flexibility index (Phi) is 4.19. The highest BCUT2D eigenvalue weighted by molar-refractivity contribution is 7.91. The van der Waals surface area contributed by atoms with Crippen molar-refractivity contribution in [2.75, 3.05) is 18.7 Å². The van der Waals surface area contributed by atoms with Gasteiger partial charge in [-0.05, 0) is 0 Å². The molecular weight excluding hydrogens is 256 g/mol. The van der Waals surface area contributed by atoms with Crippen LogP contribution in [-0.2, 0) is 14.6 Å². The lowest BCUT2D eigenvalue weighted by atomic mass is 10.5. The lowest BCUT2D eigenvalue weighted by molar-refractivity contribution is 0.0592. The zero-order valence-corrected chi connectivity index (χ0v) is 9.95. The average Bonchev–Trinajstić information content (AvgIpc) is 2.28. The fourth-order valence-corrected chi connectivity index (χ4v) is 2.39. The number of sulfone groups is 1.